The summed E-state index contributed by atoms with van der Waals surface area (Å²) in [5, 5.41) is 2.35. The first-order chi connectivity index (χ1) is 19.8. The third kappa shape index (κ3) is 3.74. The van der Waals surface area contributed by atoms with E-state index in [1.54, 1.807) is 11.8 Å². The highest BCUT2D eigenvalue weighted by Gasteiger charge is 2.22. The van der Waals surface area contributed by atoms with E-state index < -0.39 is 0 Å². The minimum atomic E-state index is 0.606. The van der Waals surface area contributed by atoms with Crippen LogP contribution in [0, 0.1) is 0 Å². The van der Waals surface area contributed by atoms with Crippen LogP contribution in [0.3, 0.4) is 0 Å². The fraction of sp³-hybridized carbons (Fsp3) is 0. The number of hydrogen-bond donors (Lipinski definition) is 0. The highest BCUT2D eigenvalue weighted by Crippen LogP contribution is 2.44. The summed E-state index contributed by atoms with van der Waals surface area (Å²) < 4.78 is 2.22. The van der Waals surface area contributed by atoms with Crippen LogP contribution in [0.5, 0.6) is 0 Å². The average molecular weight is 531 g/mol. The monoisotopic (exact) mass is 530 g/mol. The van der Waals surface area contributed by atoms with Gasteiger partial charge in [-0.1, -0.05) is 133 Å². The summed E-state index contributed by atoms with van der Waals surface area (Å²) >= 11 is 1.80. The lowest BCUT2D eigenvalue weighted by Gasteiger charge is -2.13. The van der Waals surface area contributed by atoms with E-state index in [-0.39, 0.29) is 0 Å². The van der Waals surface area contributed by atoms with Crippen LogP contribution >= 0.6 is 11.8 Å². The molecule has 4 nitrogen and oxygen atoms in total. The molecule has 5 aromatic carbocycles. The van der Waals surface area contributed by atoms with Gasteiger partial charge in [-0.05, 0) is 23.3 Å². The van der Waals surface area contributed by atoms with Gasteiger partial charge in [0.2, 0.25) is 5.95 Å². The molecule has 3 heterocycles. The fourth-order valence-corrected chi connectivity index (χ4v) is 6.56. The van der Waals surface area contributed by atoms with Gasteiger partial charge in [0.1, 0.15) is 0 Å². The van der Waals surface area contributed by atoms with Gasteiger partial charge in [0.15, 0.2) is 11.6 Å². The van der Waals surface area contributed by atoms with E-state index in [4.69, 9.17) is 15.0 Å². The van der Waals surface area contributed by atoms with Crippen LogP contribution in [0.25, 0.3) is 62.7 Å². The van der Waals surface area contributed by atoms with Crippen molar-refractivity contribution in [3.8, 4) is 28.7 Å². The highest BCUT2D eigenvalue weighted by molar-refractivity contribution is 7.99. The molecule has 0 saturated carbocycles. The van der Waals surface area contributed by atoms with Crippen molar-refractivity contribution in [1.29, 1.82) is 0 Å². The fourth-order valence-electron chi connectivity index (χ4n) is 5.39. The van der Waals surface area contributed by atoms with Crippen LogP contribution in [-0.2, 0) is 0 Å². The van der Waals surface area contributed by atoms with Crippen molar-refractivity contribution in [3.63, 3.8) is 0 Å². The van der Waals surface area contributed by atoms with Crippen LogP contribution in [-0.4, -0.2) is 19.5 Å². The molecule has 0 fully saturated rings. The number of fused-ring (bicyclic) bond motifs is 6. The Morgan fingerprint density at radius 2 is 1.12 bits per heavy atom. The largest absolute Gasteiger partial charge is 0.277 e. The Hall–Kier alpha value is -5.00. The first-order valence-corrected chi connectivity index (χ1v) is 14.0. The molecule has 0 bridgehead atoms. The first kappa shape index (κ1) is 22.9. The van der Waals surface area contributed by atoms with Gasteiger partial charge >= 0.3 is 0 Å². The van der Waals surface area contributed by atoms with Gasteiger partial charge < -0.3 is 0 Å². The van der Waals surface area contributed by atoms with E-state index in [0.29, 0.717) is 17.6 Å². The predicted octanol–water partition coefficient (Wildman–Crippen LogP) is 8.94. The van der Waals surface area contributed by atoms with Crippen LogP contribution in [0.2, 0.25) is 0 Å². The van der Waals surface area contributed by atoms with Gasteiger partial charge in [-0.3, -0.25) is 4.57 Å². The Kier molecular flexibility index (Phi) is 5.35. The molecule has 0 N–H and O–H groups in total. The molecule has 40 heavy (non-hydrogen) atoms. The summed E-state index contributed by atoms with van der Waals surface area (Å²) in [5.41, 5.74) is 6.48. The molecule has 2 aromatic heterocycles. The van der Waals surface area contributed by atoms with E-state index in [9.17, 15) is 0 Å². The predicted molar refractivity (Wildman–Crippen MR) is 165 cm³/mol. The number of hydrogen-bond acceptors (Lipinski definition) is 4. The van der Waals surface area contributed by atoms with Crippen molar-refractivity contribution in [2.75, 3.05) is 0 Å². The molecule has 1 aliphatic rings. The molecule has 0 atom stereocenters. The van der Waals surface area contributed by atoms with Gasteiger partial charge in [-0.15, -0.1) is 0 Å². The molecule has 0 unspecified atom stereocenters. The van der Waals surface area contributed by atoms with Gasteiger partial charge in [-0.2, -0.15) is 9.97 Å². The quantitative estimate of drug-likeness (QED) is 0.229. The molecule has 188 valence electrons. The molecule has 8 rings (SSSR count). The lowest BCUT2D eigenvalue weighted by atomic mass is 10.1. The molecule has 0 amide bonds. The molecule has 5 heteroatoms. The van der Waals surface area contributed by atoms with Gasteiger partial charge in [0.05, 0.1) is 11.0 Å². The van der Waals surface area contributed by atoms with Crippen molar-refractivity contribution >= 4 is 45.7 Å². The third-order valence-electron chi connectivity index (χ3n) is 7.28. The number of rotatable bonds is 3. The van der Waals surface area contributed by atoms with E-state index in [1.165, 1.54) is 31.7 Å². The highest BCUT2D eigenvalue weighted by atomic mass is 32.2. The summed E-state index contributed by atoms with van der Waals surface area (Å²) in [7, 11) is 0. The molecule has 0 aliphatic carbocycles. The van der Waals surface area contributed by atoms with Gasteiger partial charge in [-0.25, -0.2) is 4.98 Å². The zero-order chi connectivity index (χ0) is 26.5. The molecular formula is C35H22N4S. The maximum Gasteiger partial charge on any atom is 0.238 e. The topological polar surface area (TPSA) is 43.6 Å². The maximum absolute atomic E-state index is 5.10. The second kappa shape index (κ2) is 9.33. The lowest BCUT2D eigenvalue weighted by molar-refractivity contribution is 0.948. The average Bonchev–Trinajstić information content (AvgIpc) is 3.24. The number of benzene rings is 5. The summed E-state index contributed by atoms with van der Waals surface area (Å²) in [6.07, 6.45) is 4.42. The molecule has 0 saturated heterocycles. The smallest absolute Gasteiger partial charge is 0.238 e. The van der Waals surface area contributed by atoms with E-state index in [1.807, 2.05) is 60.7 Å². The number of aromatic nitrogens is 4. The number of para-hydroxylation sites is 1. The van der Waals surface area contributed by atoms with Crippen molar-refractivity contribution in [2.24, 2.45) is 0 Å². The Labute approximate surface area is 235 Å². The summed E-state index contributed by atoms with van der Waals surface area (Å²) in [6.45, 7) is 0. The third-order valence-corrected chi connectivity index (χ3v) is 8.51. The molecule has 0 spiro atoms. The normalized spacial score (nSPS) is 12.3. The zero-order valence-corrected chi connectivity index (χ0v) is 22.2. The summed E-state index contributed by atoms with van der Waals surface area (Å²) in [5.74, 6) is 1.90. The summed E-state index contributed by atoms with van der Waals surface area (Å²) in [6, 6.07) is 41.8. The molecule has 7 aromatic rings. The number of nitrogens with zero attached hydrogens (tertiary/aromatic N) is 4. The van der Waals surface area contributed by atoms with Crippen LogP contribution in [0.15, 0.2) is 131 Å². The Bertz CT molecular complexity index is 2020. The summed E-state index contributed by atoms with van der Waals surface area (Å²) in [4.78, 5) is 17.5. The standard InChI is InChI=1S/C35H22N4S/c1-3-12-25(13-4-1)33-36-34(26-14-5-2-6-15-26)38-35(37-33)39-29-17-9-8-16-27(29)28-22-21-24-20-19-23-11-7-10-18-30(23)40-32(24)31(28)39/h1-22H. The van der Waals surface area contributed by atoms with Crippen molar-refractivity contribution in [1.82, 2.24) is 19.5 Å². The first-order valence-electron chi connectivity index (χ1n) is 13.2. The molecule has 1 aliphatic heterocycles. The Balaban J connectivity index is 1.47. The Morgan fingerprint density at radius 1 is 0.500 bits per heavy atom. The second-order valence-corrected chi connectivity index (χ2v) is 10.8. The van der Waals surface area contributed by atoms with Crippen LogP contribution < -0.4 is 0 Å². The van der Waals surface area contributed by atoms with Crippen LogP contribution in [0.1, 0.15) is 11.1 Å². The SMILES string of the molecule is C1=Cc2ccc3c4ccccc4n(-c4nc(-c5ccccc5)nc(-c5ccccc5)n4)c3c2Sc2ccccc21. The van der Waals surface area contributed by atoms with E-state index in [0.717, 1.165) is 22.2 Å². The maximum atomic E-state index is 5.10. The zero-order valence-electron chi connectivity index (χ0n) is 21.4. The molecule has 0 radical (unpaired) electrons. The molecular weight excluding hydrogens is 508 g/mol. The lowest BCUT2D eigenvalue weighted by Crippen LogP contribution is -2.07. The van der Waals surface area contributed by atoms with Crippen LogP contribution in [0.4, 0.5) is 0 Å². The van der Waals surface area contributed by atoms with Gasteiger partial charge in [0, 0.05) is 31.7 Å². The van der Waals surface area contributed by atoms with Gasteiger partial charge in [0.25, 0.3) is 0 Å². The minimum absolute atomic E-state index is 0.606. The van der Waals surface area contributed by atoms with Crippen molar-refractivity contribution in [3.05, 3.63) is 132 Å². The Morgan fingerprint density at radius 3 is 1.88 bits per heavy atom. The van der Waals surface area contributed by atoms with Crippen molar-refractivity contribution < 1.29 is 0 Å². The van der Waals surface area contributed by atoms with Crippen molar-refractivity contribution in [2.45, 2.75) is 9.79 Å². The van der Waals surface area contributed by atoms with E-state index in [2.05, 4.69) is 77.4 Å². The van der Waals surface area contributed by atoms with E-state index >= 15 is 0 Å². The second-order valence-electron chi connectivity index (χ2n) is 9.72. The minimum Gasteiger partial charge on any atom is -0.277 e.